The fourth-order valence-corrected chi connectivity index (χ4v) is 3.18. The summed E-state index contributed by atoms with van der Waals surface area (Å²) in [5.41, 5.74) is 0.808. The zero-order valence-electron chi connectivity index (χ0n) is 18.1. The van der Waals surface area contributed by atoms with Gasteiger partial charge in [-0.05, 0) is 55.2 Å². The number of aromatic nitrogens is 3. The first-order chi connectivity index (χ1) is 15.4. The molecule has 1 heterocycles. The Morgan fingerprint density at radius 2 is 1.62 bits per heavy atom. The normalized spacial score (nSPS) is 10.7. The molecule has 0 aliphatic rings. The first-order valence-electron chi connectivity index (χ1n) is 10.2. The smallest absolute Gasteiger partial charge is 0.355 e. The van der Waals surface area contributed by atoms with Crippen molar-refractivity contribution in [3.63, 3.8) is 0 Å². The summed E-state index contributed by atoms with van der Waals surface area (Å²) in [5, 5.41) is 10.6. The van der Waals surface area contributed by atoms with Crippen molar-refractivity contribution < 1.29 is 9.13 Å². The molecule has 0 bridgehead atoms. The predicted octanol–water partition coefficient (Wildman–Crippen LogP) is 2.88. The Kier molecular flexibility index (Phi) is 7.54. The van der Waals surface area contributed by atoms with E-state index in [0.29, 0.717) is 36.4 Å². The maximum absolute atomic E-state index is 13.3. The van der Waals surface area contributed by atoms with Gasteiger partial charge >= 0.3 is 11.4 Å². The third-order valence-corrected chi connectivity index (χ3v) is 4.92. The lowest BCUT2D eigenvalue weighted by atomic mass is 10.2. The van der Waals surface area contributed by atoms with Gasteiger partial charge in [-0.25, -0.2) is 18.5 Å². The molecule has 0 fully saturated rings. The van der Waals surface area contributed by atoms with Crippen LogP contribution in [0.25, 0.3) is 0 Å². The molecule has 0 aliphatic heterocycles. The zero-order valence-corrected chi connectivity index (χ0v) is 18.1. The molecule has 0 aliphatic carbocycles. The zero-order chi connectivity index (χ0) is 23.1. The highest BCUT2D eigenvalue weighted by Gasteiger charge is 2.14. The summed E-state index contributed by atoms with van der Waals surface area (Å²) in [6.07, 6.45) is 1.28. The second-order valence-corrected chi connectivity index (χ2v) is 7.46. The van der Waals surface area contributed by atoms with E-state index in [1.807, 2.05) is 12.1 Å². The van der Waals surface area contributed by atoms with Crippen LogP contribution in [0.1, 0.15) is 30.9 Å². The molecule has 0 saturated heterocycles. The quantitative estimate of drug-likeness (QED) is 0.374. The van der Waals surface area contributed by atoms with Crippen LogP contribution in [0.3, 0.4) is 0 Å². The molecule has 9 heteroatoms. The molecular formula is C23H26FN5O3. The molecular weight excluding hydrogens is 413 g/mol. The van der Waals surface area contributed by atoms with Crippen molar-refractivity contribution in [2.45, 2.75) is 32.9 Å². The van der Waals surface area contributed by atoms with Crippen molar-refractivity contribution in [1.29, 1.82) is 5.41 Å². The van der Waals surface area contributed by atoms with Crippen LogP contribution in [0.5, 0.6) is 5.75 Å². The SMILES string of the molecule is COc1ccc(Cn2c(NCCCC(C)=N)nc(=O)n(Cc3ccc(F)cc3)c2=O)cc1. The number of hydrogen-bond acceptors (Lipinski definition) is 6. The summed E-state index contributed by atoms with van der Waals surface area (Å²) in [6.45, 7) is 2.38. The number of methoxy groups -OCH3 is 1. The van der Waals surface area contributed by atoms with Crippen LogP contribution in [0, 0.1) is 11.2 Å². The number of hydrogen-bond donors (Lipinski definition) is 2. The van der Waals surface area contributed by atoms with Gasteiger partial charge in [0.05, 0.1) is 20.2 Å². The maximum Gasteiger partial charge on any atom is 0.355 e. The van der Waals surface area contributed by atoms with Gasteiger partial charge in [-0.2, -0.15) is 4.98 Å². The summed E-state index contributed by atoms with van der Waals surface area (Å²) in [5.74, 6) is 0.477. The summed E-state index contributed by atoms with van der Waals surface area (Å²) in [4.78, 5) is 30.0. The average molecular weight is 439 g/mol. The molecule has 1 aromatic heterocycles. The third kappa shape index (κ3) is 5.90. The maximum atomic E-state index is 13.3. The molecule has 0 amide bonds. The van der Waals surface area contributed by atoms with Crippen LogP contribution in [0.15, 0.2) is 58.1 Å². The van der Waals surface area contributed by atoms with E-state index in [1.165, 1.54) is 28.8 Å². The van der Waals surface area contributed by atoms with Crippen LogP contribution in [-0.2, 0) is 13.1 Å². The molecule has 0 spiro atoms. The topological polar surface area (TPSA) is 102 Å². The van der Waals surface area contributed by atoms with Gasteiger partial charge in [-0.1, -0.05) is 24.3 Å². The Hall–Kier alpha value is -3.75. The van der Waals surface area contributed by atoms with Gasteiger partial charge in [-0.3, -0.25) is 4.57 Å². The van der Waals surface area contributed by atoms with Gasteiger partial charge in [0.25, 0.3) is 0 Å². The summed E-state index contributed by atoms with van der Waals surface area (Å²) in [6, 6.07) is 12.9. The lowest BCUT2D eigenvalue weighted by Gasteiger charge is -2.16. The molecule has 0 atom stereocenters. The van der Waals surface area contributed by atoms with Gasteiger partial charge in [0.2, 0.25) is 5.95 Å². The molecule has 32 heavy (non-hydrogen) atoms. The first kappa shape index (κ1) is 22.9. The minimum atomic E-state index is -0.684. The van der Waals surface area contributed by atoms with Crippen molar-refractivity contribution in [2.75, 3.05) is 19.0 Å². The summed E-state index contributed by atoms with van der Waals surface area (Å²) in [7, 11) is 1.58. The monoisotopic (exact) mass is 439 g/mol. The molecule has 2 N–H and O–H groups in total. The van der Waals surface area contributed by atoms with Crippen LogP contribution >= 0.6 is 0 Å². The standard InChI is InChI=1S/C23H26FN5O3/c1-16(25)4-3-13-26-21-27-22(30)29(15-17-5-9-19(24)10-6-17)23(31)28(21)14-18-7-11-20(32-2)12-8-18/h5-12,25H,3-4,13-15H2,1-2H3,(H,26,27,30). The fraction of sp³-hybridized carbons (Fsp3) is 0.304. The van der Waals surface area contributed by atoms with E-state index in [0.717, 1.165) is 10.1 Å². The van der Waals surface area contributed by atoms with Gasteiger partial charge in [0, 0.05) is 12.3 Å². The molecule has 8 nitrogen and oxygen atoms in total. The second kappa shape index (κ2) is 10.5. The number of halogens is 1. The molecule has 3 rings (SSSR count). The molecule has 0 saturated carbocycles. The van der Waals surface area contributed by atoms with Crippen molar-refractivity contribution in [2.24, 2.45) is 0 Å². The summed E-state index contributed by atoms with van der Waals surface area (Å²) < 4.78 is 20.8. The van der Waals surface area contributed by atoms with Crippen LogP contribution in [0.2, 0.25) is 0 Å². The Balaban J connectivity index is 1.95. The first-order valence-corrected chi connectivity index (χ1v) is 10.2. The van der Waals surface area contributed by atoms with Crippen molar-refractivity contribution >= 4 is 11.7 Å². The van der Waals surface area contributed by atoms with Gasteiger partial charge in [0.15, 0.2) is 0 Å². The van der Waals surface area contributed by atoms with E-state index in [4.69, 9.17) is 10.1 Å². The lowest BCUT2D eigenvalue weighted by molar-refractivity contribution is 0.414. The van der Waals surface area contributed by atoms with E-state index >= 15 is 0 Å². The van der Waals surface area contributed by atoms with E-state index in [1.54, 1.807) is 26.2 Å². The van der Waals surface area contributed by atoms with Crippen molar-refractivity contribution in [3.8, 4) is 5.75 Å². The highest BCUT2D eigenvalue weighted by atomic mass is 19.1. The van der Waals surface area contributed by atoms with Crippen LogP contribution in [-0.4, -0.2) is 33.5 Å². The number of anilines is 1. The van der Waals surface area contributed by atoms with E-state index in [2.05, 4.69) is 10.3 Å². The van der Waals surface area contributed by atoms with Crippen LogP contribution in [0.4, 0.5) is 10.3 Å². The van der Waals surface area contributed by atoms with E-state index in [-0.39, 0.29) is 19.0 Å². The molecule has 2 aromatic carbocycles. The number of ether oxygens (including phenoxy) is 1. The number of rotatable bonds is 10. The van der Waals surface area contributed by atoms with Crippen molar-refractivity contribution in [3.05, 3.63) is 86.4 Å². The Morgan fingerprint density at radius 1 is 1.03 bits per heavy atom. The molecule has 168 valence electrons. The highest BCUT2D eigenvalue weighted by molar-refractivity contribution is 5.78. The van der Waals surface area contributed by atoms with Gasteiger partial charge in [-0.15, -0.1) is 0 Å². The van der Waals surface area contributed by atoms with Crippen molar-refractivity contribution in [1.82, 2.24) is 14.1 Å². The largest absolute Gasteiger partial charge is 0.497 e. The molecule has 3 aromatic rings. The average Bonchev–Trinajstić information content (AvgIpc) is 2.78. The minimum absolute atomic E-state index is 0.0131. The third-order valence-electron chi connectivity index (χ3n) is 4.92. The Labute approximate surface area is 184 Å². The van der Waals surface area contributed by atoms with Gasteiger partial charge < -0.3 is 15.5 Å². The Bertz CT molecular complexity index is 1180. The minimum Gasteiger partial charge on any atom is -0.497 e. The Morgan fingerprint density at radius 3 is 2.22 bits per heavy atom. The summed E-state index contributed by atoms with van der Waals surface area (Å²) >= 11 is 0. The number of nitrogens with zero attached hydrogens (tertiary/aromatic N) is 3. The number of nitrogens with one attached hydrogen (secondary N) is 2. The molecule has 0 radical (unpaired) electrons. The number of benzene rings is 2. The highest BCUT2D eigenvalue weighted by Crippen LogP contribution is 2.13. The van der Waals surface area contributed by atoms with E-state index < -0.39 is 17.2 Å². The fourth-order valence-electron chi connectivity index (χ4n) is 3.18. The van der Waals surface area contributed by atoms with Crippen LogP contribution < -0.4 is 21.4 Å². The molecule has 0 unspecified atom stereocenters. The van der Waals surface area contributed by atoms with E-state index in [9.17, 15) is 14.0 Å². The second-order valence-electron chi connectivity index (χ2n) is 7.46. The lowest BCUT2D eigenvalue weighted by Crippen LogP contribution is -2.43. The van der Waals surface area contributed by atoms with Gasteiger partial charge in [0.1, 0.15) is 11.6 Å². The predicted molar refractivity (Wildman–Crippen MR) is 121 cm³/mol.